The lowest BCUT2D eigenvalue weighted by Crippen LogP contribution is -2.47. The number of carbonyl (C=O) groups excluding carboxylic acids is 1. The van der Waals surface area contributed by atoms with Gasteiger partial charge in [-0.15, -0.1) is 11.3 Å². The van der Waals surface area contributed by atoms with Crippen molar-refractivity contribution in [3.63, 3.8) is 0 Å². The summed E-state index contributed by atoms with van der Waals surface area (Å²) in [6.45, 7) is 10.3. The molecular formula is C18H26N4O3S. The lowest BCUT2D eigenvalue weighted by atomic mass is 10.2. The van der Waals surface area contributed by atoms with E-state index < -0.39 is 0 Å². The fourth-order valence-electron chi connectivity index (χ4n) is 3.15. The number of rotatable bonds is 6. The number of carbonyl (C=O) groups is 1. The first-order chi connectivity index (χ1) is 12.5. The number of hydrogen-bond donors (Lipinski definition) is 1. The van der Waals surface area contributed by atoms with Crippen LogP contribution in [0.1, 0.15) is 23.8 Å². The predicted molar refractivity (Wildman–Crippen MR) is 103 cm³/mol. The van der Waals surface area contributed by atoms with E-state index in [4.69, 9.17) is 4.74 Å². The molecule has 142 valence electrons. The van der Waals surface area contributed by atoms with Crippen LogP contribution < -0.4 is 10.9 Å². The van der Waals surface area contributed by atoms with Crippen LogP contribution in [-0.2, 0) is 16.1 Å². The first-order valence-corrected chi connectivity index (χ1v) is 9.82. The second kappa shape index (κ2) is 8.28. The van der Waals surface area contributed by atoms with E-state index in [1.165, 1.54) is 15.9 Å². The Hall–Kier alpha value is -1.77. The van der Waals surface area contributed by atoms with E-state index in [1.807, 2.05) is 13.8 Å². The highest BCUT2D eigenvalue weighted by molar-refractivity contribution is 7.18. The smallest absolute Gasteiger partial charge is 0.262 e. The van der Waals surface area contributed by atoms with Gasteiger partial charge < -0.3 is 10.1 Å². The van der Waals surface area contributed by atoms with Crippen LogP contribution in [0, 0.1) is 13.8 Å². The lowest BCUT2D eigenvalue weighted by Gasteiger charge is -2.32. The Balaban J connectivity index is 1.54. The third-order valence-electron chi connectivity index (χ3n) is 5.00. The van der Waals surface area contributed by atoms with Crippen molar-refractivity contribution < 1.29 is 9.53 Å². The predicted octanol–water partition coefficient (Wildman–Crippen LogP) is 1.30. The number of morpholine rings is 1. The summed E-state index contributed by atoms with van der Waals surface area (Å²) in [5, 5.41) is 3.64. The minimum Gasteiger partial charge on any atom is -0.379 e. The van der Waals surface area contributed by atoms with Gasteiger partial charge in [0.2, 0.25) is 5.91 Å². The summed E-state index contributed by atoms with van der Waals surface area (Å²) in [5.74, 6) is -0.0460. The molecule has 1 atom stereocenters. The number of hydrogen-bond acceptors (Lipinski definition) is 6. The summed E-state index contributed by atoms with van der Waals surface area (Å²) < 4.78 is 6.88. The molecular weight excluding hydrogens is 352 g/mol. The van der Waals surface area contributed by atoms with E-state index in [1.54, 1.807) is 6.33 Å². The molecule has 7 nitrogen and oxygen atoms in total. The van der Waals surface area contributed by atoms with Gasteiger partial charge in [-0.2, -0.15) is 0 Å². The molecule has 0 radical (unpaired) electrons. The van der Waals surface area contributed by atoms with Crippen LogP contribution in [0.15, 0.2) is 11.1 Å². The van der Waals surface area contributed by atoms with Gasteiger partial charge >= 0.3 is 0 Å². The van der Waals surface area contributed by atoms with Gasteiger partial charge in [-0.3, -0.25) is 19.1 Å². The van der Waals surface area contributed by atoms with Gasteiger partial charge in [0, 0.05) is 43.5 Å². The number of aromatic nitrogens is 2. The maximum atomic E-state index is 12.6. The van der Waals surface area contributed by atoms with Gasteiger partial charge in [0.25, 0.3) is 5.56 Å². The van der Waals surface area contributed by atoms with Crippen LogP contribution in [-0.4, -0.2) is 59.2 Å². The normalized spacial score (nSPS) is 16.7. The summed E-state index contributed by atoms with van der Waals surface area (Å²) in [7, 11) is 0. The number of aryl methyl sites for hydroxylation is 3. The van der Waals surface area contributed by atoms with Gasteiger partial charge in [0.05, 0.1) is 24.9 Å². The van der Waals surface area contributed by atoms with Gasteiger partial charge in [-0.1, -0.05) is 0 Å². The topological polar surface area (TPSA) is 76.5 Å². The van der Waals surface area contributed by atoms with E-state index in [0.717, 1.165) is 41.6 Å². The third-order valence-corrected chi connectivity index (χ3v) is 6.11. The minimum atomic E-state index is -0.0636. The maximum absolute atomic E-state index is 12.6. The van der Waals surface area contributed by atoms with E-state index in [2.05, 4.69) is 22.1 Å². The van der Waals surface area contributed by atoms with Crippen molar-refractivity contribution in [2.75, 3.05) is 32.8 Å². The van der Waals surface area contributed by atoms with E-state index in [0.29, 0.717) is 18.5 Å². The molecule has 2 aromatic heterocycles. The van der Waals surface area contributed by atoms with Crippen molar-refractivity contribution in [3.8, 4) is 0 Å². The average molecular weight is 378 g/mol. The monoisotopic (exact) mass is 378 g/mol. The van der Waals surface area contributed by atoms with Crippen LogP contribution in [0.3, 0.4) is 0 Å². The number of nitrogens with zero attached hydrogens (tertiary/aromatic N) is 3. The SMILES string of the molecule is Cc1sc2ncn(CCC(=O)NCC(C)N3CCOCC3)c(=O)c2c1C. The molecule has 0 aliphatic carbocycles. The van der Waals surface area contributed by atoms with E-state index in [-0.39, 0.29) is 23.9 Å². The summed E-state index contributed by atoms with van der Waals surface area (Å²) in [5.41, 5.74) is 0.923. The molecule has 8 heteroatoms. The lowest BCUT2D eigenvalue weighted by molar-refractivity contribution is -0.121. The molecule has 0 saturated carbocycles. The quantitative estimate of drug-likeness (QED) is 0.820. The van der Waals surface area contributed by atoms with Crippen LogP contribution in [0.25, 0.3) is 10.2 Å². The Morgan fingerprint density at radius 1 is 1.38 bits per heavy atom. The second-order valence-corrected chi connectivity index (χ2v) is 7.96. The number of ether oxygens (including phenoxy) is 1. The molecule has 0 aromatic carbocycles. The average Bonchev–Trinajstić information content (AvgIpc) is 2.94. The van der Waals surface area contributed by atoms with Crippen molar-refractivity contribution in [1.82, 2.24) is 19.8 Å². The molecule has 1 amide bonds. The molecule has 1 fully saturated rings. The fourth-order valence-corrected chi connectivity index (χ4v) is 4.14. The Bertz CT molecular complexity index is 839. The molecule has 1 aliphatic rings. The van der Waals surface area contributed by atoms with Crippen LogP contribution in [0.5, 0.6) is 0 Å². The summed E-state index contributed by atoms with van der Waals surface area (Å²) in [6.07, 6.45) is 1.81. The first-order valence-electron chi connectivity index (χ1n) is 9.01. The van der Waals surface area contributed by atoms with Crippen molar-refractivity contribution >= 4 is 27.5 Å². The molecule has 0 spiro atoms. The van der Waals surface area contributed by atoms with Crippen LogP contribution in [0.4, 0.5) is 0 Å². The zero-order valence-corrected chi connectivity index (χ0v) is 16.4. The van der Waals surface area contributed by atoms with Gasteiger partial charge in [0.15, 0.2) is 0 Å². The Kier molecular flexibility index (Phi) is 6.05. The molecule has 1 saturated heterocycles. The highest BCUT2D eigenvalue weighted by Gasteiger charge is 2.17. The molecule has 3 heterocycles. The largest absolute Gasteiger partial charge is 0.379 e. The first kappa shape index (κ1) is 19.0. The molecule has 3 rings (SSSR count). The molecule has 1 N–H and O–H groups in total. The number of nitrogens with one attached hydrogen (secondary N) is 1. The Labute approximate surface area is 157 Å². The van der Waals surface area contributed by atoms with Gasteiger partial charge in [0.1, 0.15) is 4.83 Å². The van der Waals surface area contributed by atoms with Crippen LogP contribution >= 0.6 is 11.3 Å². The summed E-state index contributed by atoms with van der Waals surface area (Å²) >= 11 is 1.53. The standard InChI is InChI=1S/C18H26N4O3S/c1-12(21-6-8-25-9-7-21)10-19-15(23)4-5-22-11-20-17-16(18(22)24)13(2)14(3)26-17/h11-12H,4-10H2,1-3H3,(H,19,23). The molecule has 1 aliphatic heterocycles. The summed E-state index contributed by atoms with van der Waals surface area (Å²) in [4.78, 5) is 33.3. The van der Waals surface area contributed by atoms with E-state index >= 15 is 0 Å². The van der Waals surface area contributed by atoms with Crippen molar-refractivity contribution in [3.05, 3.63) is 27.1 Å². The molecule has 1 unspecified atom stereocenters. The summed E-state index contributed by atoms with van der Waals surface area (Å²) in [6, 6.07) is 0.278. The van der Waals surface area contributed by atoms with Gasteiger partial charge in [-0.05, 0) is 26.3 Å². The van der Waals surface area contributed by atoms with Crippen molar-refractivity contribution in [2.24, 2.45) is 0 Å². The zero-order chi connectivity index (χ0) is 18.7. The Morgan fingerprint density at radius 3 is 2.85 bits per heavy atom. The third kappa shape index (κ3) is 4.13. The molecule has 26 heavy (non-hydrogen) atoms. The van der Waals surface area contributed by atoms with E-state index in [9.17, 15) is 9.59 Å². The number of amides is 1. The molecule has 2 aromatic rings. The highest BCUT2D eigenvalue weighted by Crippen LogP contribution is 2.25. The van der Waals surface area contributed by atoms with Gasteiger partial charge in [-0.25, -0.2) is 4.98 Å². The highest BCUT2D eigenvalue weighted by atomic mass is 32.1. The number of fused-ring (bicyclic) bond motifs is 1. The Morgan fingerprint density at radius 2 is 2.12 bits per heavy atom. The molecule has 0 bridgehead atoms. The second-order valence-electron chi connectivity index (χ2n) is 6.76. The van der Waals surface area contributed by atoms with Crippen molar-refractivity contribution in [1.29, 1.82) is 0 Å². The van der Waals surface area contributed by atoms with Crippen molar-refractivity contribution in [2.45, 2.75) is 39.8 Å². The fraction of sp³-hybridized carbons (Fsp3) is 0.611. The zero-order valence-electron chi connectivity index (χ0n) is 15.6. The minimum absolute atomic E-state index is 0.0460. The maximum Gasteiger partial charge on any atom is 0.262 e. The van der Waals surface area contributed by atoms with Crippen LogP contribution in [0.2, 0.25) is 0 Å². The number of thiophene rings is 1.